The smallest absolute Gasteiger partial charge is 0.243 e. The van der Waals surface area contributed by atoms with Gasteiger partial charge in [0, 0.05) is 11.0 Å². The van der Waals surface area contributed by atoms with Crippen molar-refractivity contribution in [2.45, 2.75) is 12.8 Å². The molecule has 0 aromatic carbocycles. The van der Waals surface area contributed by atoms with Gasteiger partial charge in [0.2, 0.25) is 5.91 Å². The number of nitrogens with one attached hydrogen (secondary N) is 1. The number of piperidine rings is 2. The highest BCUT2D eigenvalue weighted by molar-refractivity contribution is 7.80. The van der Waals surface area contributed by atoms with Crippen LogP contribution in [-0.4, -0.2) is 41.8 Å². The summed E-state index contributed by atoms with van der Waals surface area (Å²) in [5, 5.41) is 21.0. The molecule has 2 heterocycles. The molecule has 0 aromatic rings. The molecule has 1 atom stereocenters. The Hall–Kier alpha value is -1.54. The SMILES string of the molecule is CN1CCC2(CC1)C(=C=[N-])C(=S)NC(=O)C2C#N. The topological polar surface area (TPSA) is 78.4 Å². The van der Waals surface area contributed by atoms with Crippen LogP contribution in [-0.2, 0) is 4.79 Å². The van der Waals surface area contributed by atoms with E-state index in [9.17, 15) is 15.5 Å². The van der Waals surface area contributed by atoms with Crippen LogP contribution < -0.4 is 5.32 Å². The van der Waals surface area contributed by atoms with Gasteiger partial charge in [-0.1, -0.05) is 12.2 Å². The predicted molar refractivity (Wildman–Crippen MR) is 70.9 cm³/mol. The van der Waals surface area contributed by atoms with Gasteiger partial charge < -0.3 is 15.6 Å². The van der Waals surface area contributed by atoms with E-state index in [1.807, 2.05) is 7.05 Å². The Balaban J connectivity index is 2.49. The predicted octanol–water partition coefficient (Wildman–Crippen LogP) is 0.461. The standard InChI is InChI=1S/C12H13N4OS/c1-16-4-2-12(3-5-16)8(6-13)10(17)15-11(18)9(12)7-14/h8H,2-5H2,1H3,(H,15,17,18)/q-1. The van der Waals surface area contributed by atoms with Crippen LogP contribution in [0, 0.1) is 22.7 Å². The first-order chi connectivity index (χ1) is 8.55. The lowest BCUT2D eigenvalue weighted by molar-refractivity contribution is -0.126. The molecule has 0 bridgehead atoms. The third-order valence-electron chi connectivity index (χ3n) is 3.90. The van der Waals surface area contributed by atoms with Crippen LogP contribution in [0.5, 0.6) is 0 Å². The molecule has 94 valence electrons. The Morgan fingerprint density at radius 3 is 2.67 bits per heavy atom. The van der Waals surface area contributed by atoms with Crippen molar-refractivity contribution < 1.29 is 4.79 Å². The summed E-state index contributed by atoms with van der Waals surface area (Å²) in [5.41, 5.74) is -0.285. The van der Waals surface area contributed by atoms with Crippen molar-refractivity contribution in [3.05, 3.63) is 11.0 Å². The summed E-state index contributed by atoms with van der Waals surface area (Å²) in [6, 6.07) is 2.05. The second-order valence-corrected chi connectivity index (χ2v) is 5.23. The molecule has 0 aliphatic carbocycles. The maximum atomic E-state index is 11.9. The van der Waals surface area contributed by atoms with Crippen molar-refractivity contribution in [3.8, 4) is 6.07 Å². The fourth-order valence-electron chi connectivity index (χ4n) is 2.77. The van der Waals surface area contributed by atoms with E-state index in [1.54, 1.807) is 0 Å². The highest BCUT2D eigenvalue weighted by Crippen LogP contribution is 2.46. The lowest BCUT2D eigenvalue weighted by Crippen LogP contribution is -2.56. The minimum absolute atomic E-state index is 0.193. The number of carbonyl (C=O) groups is 1. The van der Waals surface area contributed by atoms with Crippen molar-refractivity contribution in [1.29, 1.82) is 5.26 Å². The van der Waals surface area contributed by atoms with E-state index in [0.717, 1.165) is 13.1 Å². The molecule has 1 amide bonds. The fourth-order valence-corrected chi connectivity index (χ4v) is 3.12. The molecule has 2 aliphatic rings. The van der Waals surface area contributed by atoms with Gasteiger partial charge in [0.05, 0.1) is 6.07 Å². The number of nitriles is 1. The van der Waals surface area contributed by atoms with Gasteiger partial charge in [-0.05, 0) is 33.0 Å². The molecule has 1 unspecified atom stereocenters. The van der Waals surface area contributed by atoms with Crippen molar-refractivity contribution >= 4 is 29.0 Å². The molecular formula is C12H13N4OS-. The minimum Gasteiger partial charge on any atom is -0.763 e. The molecule has 5 nitrogen and oxygen atoms in total. The number of nitrogens with zero attached hydrogens (tertiary/aromatic N) is 3. The molecule has 0 radical (unpaired) electrons. The van der Waals surface area contributed by atoms with E-state index in [1.165, 1.54) is 0 Å². The Morgan fingerprint density at radius 2 is 2.17 bits per heavy atom. The first-order valence-electron chi connectivity index (χ1n) is 5.76. The van der Waals surface area contributed by atoms with Gasteiger partial charge in [0.1, 0.15) is 10.9 Å². The van der Waals surface area contributed by atoms with Gasteiger partial charge in [0.25, 0.3) is 0 Å². The van der Waals surface area contributed by atoms with Crippen molar-refractivity contribution in [2.75, 3.05) is 20.1 Å². The molecule has 2 rings (SSSR count). The monoisotopic (exact) mass is 261 g/mol. The zero-order valence-electron chi connectivity index (χ0n) is 10.1. The zero-order chi connectivity index (χ0) is 13.3. The first kappa shape index (κ1) is 12.9. The summed E-state index contributed by atoms with van der Waals surface area (Å²) in [5.74, 6) is 0.923. The van der Waals surface area contributed by atoms with Gasteiger partial charge in [0.15, 0.2) is 0 Å². The van der Waals surface area contributed by atoms with Crippen molar-refractivity contribution in [2.24, 2.45) is 11.3 Å². The molecule has 18 heavy (non-hydrogen) atoms. The quantitative estimate of drug-likeness (QED) is 0.390. The second kappa shape index (κ2) is 4.62. The summed E-state index contributed by atoms with van der Waals surface area (Å²) in [4.78, 5) is 14.2. The lowest BCUT2D eigenvalue weighted by atomic mass is 9.62. The van der Waals surface area contributed by atoms with Crippen LogP contribution in [0.4, 0.5) is 0 Å². The zero-order valence-corrected chi connectivity index (χ0v) is 10.9. The Kier molecular flexibility index (Phi) is 3.31. The van der Waals surface area contributed by atoms with Crippen LogP contribution in [0.3, 0.4) is 0 Å². The number of carbonyl (C=O) groups excluding carboxylic acids is 1. The highest BCUT2D eigenvalue weighted by Gasteiger charge is 2.51. The molecule has 1 N–H and O–H groups in total. The number of hydrogen-bond acceptors (Lipinski definition) is 4. The Bertz CT molecular complexity index is 493. The van der Waals surface area contributed by atoms with Crippen LogP contribution in [0.15, 0.2) is 5.57 Å². The lowest BCUT2D eigenvalue weighted by Gasteiger charge is -2.46. The average Bonchev–Trinajstić information content (AvgIpc) is 2.33. The molecule has 6 heteroatoms. The van der Waals surface area contributed by atoms with E-state index in [4.69, 9.17) is 12.2 Å². The van der Waals surface area contributed by atoms with E-state index in [2.05, 4.69) is 22.2 Å². The largest absolute Gasteiger partial charge is 0.763 e. The average molecular weight is 261 g/mol. The van der Waals surface area contributed by atoms with E-state index < -0.39 is 11.3 Å². The third-order valence-corrected chi connectivity index (χ3v) is 4.20. The Morgan fingerprint density at radius 1 is 1.56 bits per heavy atom. The van der Waals surface area contributed by atoms with Crippen LogP contribution in [0.2, 0.25) is 0 Å². The number of thiocarbonyl (C=S) groups is 1. The number of likely N-dealkylation sites (tertiary alicyclic amines) is 1. The van der Waals surface area contributed by atoms with Gasteiger partial charge in [-0.2, -0.15) is 5.26 Å². The van der Waals surface area contributed by atoms with Gasteiger partial charge >= 0.3 is 0 Å². The summed E-state index contributed by atoms with van der Waals surface area (Å²) in [6.07, 6.45) is 1.25. The van der Waals surface area contributed by atoms with Crippen LogP contribution >= 0.6 is 12.2 Å². The van der Waals surface area contributed by atoms with E-state index in [0.29, 0.717) is 18.4 Å². The first-order valence-corrected chi connectivity index (χ1v) is 6.17. The van der Waals surface area contributed by atoms with Gasteiger partial charge in [-0.25, -0.2) is 0 Å². The summed E-state index contributed by atoms with van der Waals surface area (Å²) >= 11 is 5.07. The maximum Gasteiger partial charge on any atom is 0.243 e. The van der Waals surface area contributed by atoms with Gasteiger partial charge in [-0.3, -0.25) is 10.7 Å². The third kappa shape index (κ3) is 1.77. The normalized spacial score (nSPS) is 27.6. The molecule has 2 aliphatic heterocycles. The maximum absolute atomic E-state index is 11.9. The molecular weight excluding hydrogens is 248 g/mol. The summed E-state index contributed by atoms with van der Waals surface area (Å²) in [7, 11) is 1.99. The second-order valence-electron chi connectivity index (χ2n) is 4.83. The van der Waals surface area contributed by atoms with E-state index in [-0.39, 0.29) is 10.9 Å². The van der Waals surface area contributed by atoms with Crippen LogP contribution in [0.1, 0.15) is 12.8 Å². The van der Waals surface area contributed by atoms with Gasteiger partial charge in [-0.15, -0.1) is 0 Å². The summed E-state index contributed by atoms with van der Waals surface area (Å²) < 4.78 is 0. The number of rotatable bonds is 0. The molecule has 0 aromatic heterocycles. The van der Waals surface area contributed by atoms with E-state index >= 15 is 0 Å². The highest BCUT2D eigenvalue weighted by atomic mass is 32.1. The molecule has 2 saturated heterocycles. The fraction of sp³-hybridized carbons (Fsp3) is 0.583. The minimum atomic E-state index is -0.812. The Labute approximate surface area is 111 Å². The number of amides is 1. The summed E-state index contributed by atoms with van der Waals surface area (Å²) in [6.45, 7) is 1.53. The van der Waals surface area contributed by atoms with Crippen molar-refractivity contribution in [1.82, 2.24) is 10.2 Å². The number of hydrogen-bond donors (Lipinski definition) is 1. The van der Waals surface area contributed by atoms with Crippen molar-refractivity contribution in [3.63, 3.8) is 0 Å². The molecule has 1 spiro atoms. The molecule has 0 saturated carbocycles. The molecule has 2 fully saturated rings. The van der Waals surface area contributed by atoms with Crippen LogP contribution in [0.25, 0.3) is 5.41 Å².